The summed E-state index contributed by atoms with van der Waals surface area (Å²) in [6.07, 6.45) is -2.99. The average Bonchev–Trinajstić information content (AvgIpc) is 3.63. The van der Waals surface area contributed by atoms with Gasteiger partial charge in [-0.15, -0.1) is 0 Å². The fraction of sp³-hybridized carbons (Fsp3) is 0.233. The van der Waals surface area contributed by atoms with E-state index in [0.29, 0.717) is 27.6 Å². The lowest BCUT2D eigenvalue weighted by Gasteiger charge is -2.13. The Hall–Kier alpha value is -5.00. The van der Waals surface area contributed by atoms with Gasteiger partial charge in [0, 0.05) is 36.2 Å². The first-order valence-electron chi connectivity index (χ1n) is 13.2. The topological polar surface area (TPSA) is 115 Å². The number of nitrogens with one attached hydrogen (secondary N) is 2. The Morgan fingerprint density at radius 1 is 1.02 bits per heavy atom. The Morgan fingerprint density at radius 3 is 2.43 bits per heavy atom. The van der Waals surface area contributed by atoms with Crippen LogP contribution in [0.25, 0.3) is 39.2 Å². The van der Waals surface area contributed by atoms with E-state index < -0.39 is 24.9 Å². The number of nitrogens with zero attached hydrogens (tertiary/aromatic N) is 4. The van der Waals surface area contributed by atoms with Crippen LogP contribution in [0.3, 0.4) is 0 Å². The molecule has 42 heavy (non-hydrogen) atoms. The molecule has 5 rings (SSSR count). The van der Waals surface area contributed by atoms with Crippen molar-refractivity contribution in [3.05, 3.63) is 84.1 Å². The molecule has 3 aromatic heterocycles. The normalized spacial score (nSPS) is 11.7. The van der Waals surface area contributed by atoms with E-state index in [1.807, 2.05) is 13.8 Å². The molecule has 0 unspecified atom stereocenters. The number of alkyl halides is 3. The van der Waals surface area contributed by atoms with Gasteiger partial charge in [-0.1, -0.05) is 12.1 Å². The van der Waals surface area contributed by atoms with Crippen molar-refractivity contribution in [1.82, 2.24) is 30.4 Å². The molecular formula is C30H27F3N6O3. The number of pyridine rings is 1. The third-order valence-corrected chi connectivity index (χ3v) is 6.53. The van der Waals surface area contributed by atoms with E-state index >= 15 is 0 Å². The van der Waals surface area contributed by atoms with Crippen molar-refractivity contribution in [3.63, 3.8) is 0 Å². The number of benzene rings is 2. The van der Waals surface area contributed by atoms with Gasteiger partial charge in [-0.05, 0) is 68.3 Å². The maximum Gasteiger partial charge on any atom is 0.389 e. The van der Waals surface area contributed by atoms with E-state index in [4.69, 9.17) is 4.42 Å². The van der Waals surface area contributed by atoms with Gasteiger partial charge >= 0.3 is 6.18 Å². The van der Waals surface area contributed by atoms with E-state index in [9.17, 15) is 22.8 Å². The minimum atomic E-state index is -4.42. The molecule has 2 N–H and O–H groups in total. The van der Waals surface area contributed by atoms with Crippen LogP contribution in [0.2, 0.25) is 0 Å². The van der Waals surface area contributed by atoms with Crippen LogP contribution in [0.15, 0.2) is 71.7 Å². The fourth-order valence-electron chi connectivity index (χ4n) is 4.59. The highest BCUT2D eigenvalue weighted by molar-refractivity contribution is 6.11. The predicted octanol–water partition coefficient (Wildman–Crippen LogP) is 5.74. The van der Waals surface area contributed by atoms with E-state index in [-0.39, 0.29) is 34.7 Å². The van der Waals surface area contributed by atoms with Gasteiger partial charge < -0.3 is 15.1 Å². The first kappa shape index (κ1) is 28.5. The molecule has 0 spiro atoms. The summed E-state index contributed by atoms with van der Waals surface area (Å²) in [6.45, 7) is 3.65. The summed E-state index contributed by atoms with van der Waals surface area (Å²) >= 11 is 0. The summed E-state index contributed by atoms with van der Waals surface area (Å²) in [5.41, 5.74) is 2.82. The lowest BCUT2D eigenvalue weighted by Crippen LogP contribution is -2.30. The van der Waals surface area contributed by atoms with Crippen molar-refractivity contribution >= 4 is 22.9 Å². The summed E-state index contributed by atoms with van der Waals surface area (Å²) in [4.78, 5) is 34.3. The van der Waals surface area contributed by atoms with Crippen LogP contribution in [0.5, 0.6) is 0 Å². The van der Waals surface area contributed by atoms with Crippen molar-refractivity contribution in [3.8, 4) is 28.1 Å². The molecule has 0 aliphatic rings. The van der Waals surface area contributed by atoms with Gasteiger partial charge in [-0.3, -0.25) is 9.59 Å². The number of hydrogen-bond acceptors (Lipinski definition) is 6. The Kier molecular flexibility index (Phi) is 7.79. The molecule has 0 radical (unpaired) electrons. The number of amides is 2. The lowest BCUT2D eigenvalue weighted by atomic mass is 9.96. The lowest BCUT2D eigenvalue weighted by molar-refractivity contribution is -0.134. The molecule has 0 saturated heterocycles. The number of aromatic nitrogens is 4. The quantitative estimate of drug-likeness (QED) is 0.244. The van der Waals surface area contributed by atoms with Crippen molar-refractivity contribution in [2.24, 2.45) is 0 Å². The Bertz CT molecular complexity index is 1740. The molecule has 2 amide bonds. The number of carbonyl (C=O) groups excluding carboxylic acids is 2. The van der Waals surface area contributed by atoms with Gasteiger partial charge in [0.1, 0.15) is 18.4 Å². The fourth-order valence-corrected chi connectivity index (χ4v) is 4.59. The maximum atomic E-state index is 13.3. The number of rotatable bonds is 8. The van der Waals surface area contributed by atoms with Crippen molar-refractivity contribution in [1.29, 1.82) is 0 Å². The summed E-state index contributed by atoms with van der Waals surface area (Å²) in [7, 11) is 1.47. The molecule has 5 aromatic rings. The molecular weight excluding hydrogens is 549 g/mol. The zero-order valence-electron chi connectivity index (χ0n) is 23.0. The SMILES string of the molecule is CNC(=O)c1c(-c2ccc(-n3cncn3)cc2)oc2nc(CCC(F)(F)F)c(-c3cccc(C(=O)NC(C)C)c3)cc12. The number of aryl methyl sites for hydroxylation is 1. The number of fused-ring (bicyclic) bond motifs is 1. The van der Waals surface area contributed by atoms with Gasteiger partial charge in [0.25, 0.3) is 11.8 Å². The Morgan fingerprint density at radius 2 is 1.79 bits per heavy atom. The first-order valence-corrected chi connectivity index (χ1v) is 13.2. The molecule has 0 saturated carbocycles. The summed E-state index contributed by atoms with van der Waals surface area (Å²) in [5, 5.41) is 9.85. The molecule has 0 bridgehead atoms. The van der Waals surface area contributed by atoms with Crippen LogP contribution in [0.4, 0.5) is 13.2 Å². The highest BCUT2D eigenvalue weighted by atomic mass is 19.4. The number of halogens is 3. The van der Waals surface area contributed by atoms with Crippen molar-refractivity contribution in [2.75, 3.05) is 7.05 Å². The summed E-state index contributed by atoms with van der Waals surface area (Å²) in [6, 6.07) is 15.1. The zero-order chi connectivity index (χ0) is 30.0. The minimum absolute atomic E-state index is 0.0265. The highest BCUT2D eigenvalue weighted by Crippen LogP contribution is 2.37. The van der Waals surface area contributed by atoms with Crippen LogP contribution in [-0.2, 0) is 6.42 Å². The zero-order valence-corrected chi connectivity index (χ0v) is 23.0. The summed E-state index contributed by atoms with van der Waals surface area (Å²) < 4.78 is 47.5. The monoisotopic (exact) mass is 576 g/mol. The van der Waals surface area contributed by atoms with Crippen LogP contribution in [0.1, 0.15) is 46.7 Å². The molecule has 9 nitrogen and oxygen atoms in total. The van der Waals surface area contributed by atoms with Gasteiger partial charge in [-0.25, -0.2) is 14.6 Å². The first-order chi connectivity index (χ1) is 20.0. The van der Waals surface area contributed by atoms with Gasteiger partial charge in [0.15, 0.2) is 0 Å². The Balaban J connectivity index is 1.67. The van der Waals surface area contributed by atoms with E-state index in [1.54, 1.807) is 65.6 Å². The van der Waals surface area contributed by atoms with Crippen LogP contribution < -0.4 is 10.6 Å². The average molecular weight is 577 g/mol. The van der Waals surface area contributed by atoms with Crippen molar-refractivity contribution < 1.29 is 27.2 Å². The molecule has 216 valence electrons. The minimum Gasteiger partial charge on any atom is -0.437 e. The standard InChI is InChI=1S/C30H27F3N6O3/c1-17(2)37-27(40)20-6-4-5-19(13-20)22-14-23-25(28(41)34-3)26(42-29(23)38-24(22)11-12-30(31,32)33)18-7-9-21(10-8-18)39-16-35-15-36-39/h4-10,13-17H,11-12H2,1-3H3,(H,34,41)(H,37,40). The number of furan rings is 1. The second-order valence-corrected chi connectivity index (χ2v) is 9.93. The van der Waals surface area contributed by atoms with E-state index in [1.165, 1.54) is 13.4 Å². The molecule has 12 heteroatoms. The van der Waals surface area contributed by atoms with Gasteiger partial charge in [0.2, 0.25) is 5.71 Å². The molecule has 0 aliphatic heterocycles. The second-order valence-electron chi connectivity index (χ2n) is 9.93. The molecule has 0 atom stereocenters. The number of hydrogen-bond donors (Lipinski definition) is 2. The Labute approximate surface area is 238 Å². The number of carbonyl (C=O) groups is 2. The molecule has 0 aliphatic carbocycles. The second kappa shape index (κ2) is 11.5. The van der Waals surface area contributed by atoms with Crippen LogP contribution >= 0.6 is 0 Å². The van der Waals surface area contributed by atoms with Gasteiger partial charge in [0.05, 0.1) is 22.3 Å². The van der Waals surface area contributed by atoms with E-state index in [2.05, 4.69) is 25.7 Å². The molecule has 2 aromatic carbocycles. The van der Waals surface area contributed by atoms with Crippen molar-refractivity contribution in [2.45, 2.75) is 38.9 Å². The third kappa shape index (κ3) is 6.02. The predicted molar refractivity (Wildman–Crippen MR) is 150 cm³/mol. The smallest absolute Gasteiger partial charge is 0.389 e. The van der Waals surface area contributed by atoms with E-state index in [0.717, 1.165) is 5.69 Å². The molecule has 0 fully saturated rings. The van der Waals surface area contributed by atoms with Gasteiger partial charge in [-0.2, -0.15) is 18.3 Å². The highest BCUT2D eigenvalue weighted by Gasteiger charge is 2.29. The molecule has 3 heterocycles. The van der Waals surface area contributed by atoms with Crippen LogP contribution in [0, 0.1) is 0 Å². The summed E-state index contributed by atoms with van der Waals surface area (Å²) in [5.74, 6) is -0.556. The van der Waals surface area contributed by atoms with Crippen LogP contribution in [-0.4, -0.2) is 50.8 Å². The third-order valence-electron chi connectivity index (χ3n) is 6.53. The largest absolute Gasteiger partial charge is 0.437 e. The maximum absolute atomic E-state index is 13.3.